The van der Waals surface area contributed by atoms with Crippen LogP contribution in [-0.4, -0.2) is 35.3 Å². The van der Waals surface area contributed by atoms with Gasteiger partial charge in [-0.1, -0.05) is 13.8 Å². The molecule has 2 heterocycles. The van der Waals surface area contributed by atoms with E-state index < -0.39 is 15.9 Å². The predicted molar refractivity (Wildman–Crippen MR) is 84.3 cm³/mol. The van der Waals surface area contributed by atoms with Crippen LogP contribution in [0.4, 0.5) is 0 Å². The summed E-state index contributed by atoms with van der Waals surface area (Å²) in [4.78, 5) is 16.8. The molecule has 0 aliphatic heterocycles. The number of aromatic nitrogens is 3. The summed E-state index contributed by atoms with van der Waals surface area (Å²) in [6.45, 7) is 7.85. The molecular weight excluding hydrogens is 304 g/mol. The van der Waals surface area contributed by atoms with E-state index in [0.29, 0.717) is 16.7 Å². The lowest BCUT2D eigenvalue weighted by molar-refractivity contribution is 0.0983. The lowest BCUT2D eigenvalue weighted by Crippen LogP contribution is -2.29. The minimum absolute atomic E-state index is 0.0817. The number of amides is 1. The molecule has 120 valence electrons. The highest BCUT2D eigenvalue weighted by Crippen LogP contribution is 2.24. The van der Waals surface area contributed by atoms with Crippen LogP contribution in [0.5, 0.6) is 0 Å². The number of carbonyl (C=O) groups excluding carboxylic acids is 1. The molecule has 7 nitrogen and oxygen atoms in total. The normalized spacial score (nSPS) is 12.3. The van der Waals surface area contributed by atoms with Crippen LogP contribution in [0.3, 0.4) is 0 Å². The number of rotatable bonds is 4. The van der Waals surface area contributed by atoms with Gasteiger partial charge in [0.25, 0.3) is 5.91 Å². The van der Waals surface area contributed by atoms with E-state index >= 15 is 0 Å². The van der Waals surface area contributed by atoms with Gasteiger partial charge in [0.15, 0.2) is 5.65 Å². The van der Waals surface area contributed by atoms with Gasteiger partial charge in [0.1, 0.15) is 0 Å². The van der Waals surface area contributed by atoms with E-state index in [0.717, 1.165) is 6.26 Å². The largest absolute Gasteiger partial charge is 0.268 e. The van der Waals surface area contributed by atoms with E-state index in [1.807, 2.05) is 32.4 Å². The molecule has 0 bridgehead atoms. The van der Waals surface area contributed by atoms with Gasteiger partial charge in [0.2, 0.25) is 10.0 Å². The molecular formula is C14H20N4O3S. The second kappa shape index (κ2) is 5.68. The highest BCUT2D eigenvalue weighted by Gasteiger charge is 2.20. The van der Waals surface area contributed by atoms with Crippen molar-refractivity contribution in [3.8, 4) is 0 Å². The fourth-order valence-corrected chi connectivity index (χ4v) is 2.57. The van der Waals surface area contributed by atoms with Crippen molar-refractivity contribution in [2.45, 2.75) is 39.7 Å². The molecule has 0 unspecified atom stereocenters. The van der Waals surface area contributed by atoms with E-state index in [-0.39, 0.29) is 17.5 Å². The molecule has 22 heavy (non-hydrogen) atoms. The number of fused-ring (bicyclic) bond motifs is 1. The third-order valence-electron chi connectivity index (χ3n) is 3.19. The number of sulfonamides is 1. The zero-order valence-corrected chi connectivity index (χ0v) is 14.1. The maximum atomic E-state index is 12.3. The third-order valence-corrected chi connectivity index (χ3v) is 3.75. The predicted octanol–water partition coefficient (Wildman–Crippen LogP) is 1.82. The van der Waals surface area contributed by atoms with Crippen molar-refractivity contribution in [1.29, 1.82) is 0 Å². The van der Waals surface area contributed by atoms with E-state index in [1.165, 1.54) is 0 Å². The van der Waals surface area contributed by atoms with Crippen molar-refractivity contribution >= 4 is 27.0 Å². The molecule has 0 atom stereocenters. The van der Waals surface area contributed by atoms with Crippen LogP contribution in [0, 0.1) is 0 Å². The van der Waals surface area contributed by atoms with E-state index in [1.54, 1.807) is 16.9 Å². The summed E-state index contributed by atoms with van der Waals surface area (Å²) in [6.07, 6.45) is 2.49. The fraction of sp³-hybridized carbons (Fsp3) is 0.500. The van der Waals surface area contributed by atoms with Crippen LogP contribution in [0.1, 0.15) is 55.7 Å². The van der Waals surface area contributed by atoms with Gasteiger partial charge >= 0.3 is 0 Å². The van der Waals surface area contributed by atoms with E-state index in [2.05, 4.69) is 10.1 Å². The van der Waals surface area contributed by atoms with Gasteiger partial charge in [0.05, 0.1) is 23.4 Å². The van der Waals surface area contributed by atoms with Gasteiger partial charge in [-0.2, -0.15) is 5.10 Å². The molecule has 0 spiro atoms. The first-order valence-electron chi connectivity index (χ1n) is 7.00. The summed E-state index contributed by atoms with van der Waals surface area (Å²) in [5.74, 6) is -0.565. The van der Waals surface area contributed by atoms with Crippen molar-refractivity contribution in [3.05, 3.63) is 23.5 Å². The third kappa shape index (κ3) is 3.27. The minimum Gasteiger partial charge on any atom is -0.268 e. The monoisotopic (exact) mass is 324 g/mol. The van der Waals surface area contributed by atoms with Crippen molar-refractivity contribution < 1.29 is 13.2 Å². The zero-order chi connectivity index (χ0) is 16.7. The Morgan fingerprint density at radius 3 is 2.41 bits per heavy atom. The number of hydrogen-bond donors (Lipinski definition) is 1. The summed E-state index contributed by atoms with van der Waals surface area (Å²) < 4.78 is 26.4. The highest BCUT2D eigenvalue weighted by molar-refractivity contribution is 7.89. The minimum atomic E-state index is -3.63. The Labute approximate surface area is 129 Å². The number of nitrogens with zero attached hydrogens (tertiary/aromatic N) is 3. The summed E-state index contributed by atoms with van der Waals surface area (Å²) in [7, 11) is -3.63. The summed E-state index contributed by atoms with van der Waals surface area (Å²) in [6, 6.07) is 1.71. The number of carbonyl (C=O) groups is 1. The fourth-order valence-electron chi connectivity index (χ4n) is 2.12. The molecule has 1 N–H and O–H groups in total. The topological polar surface area (TPSA) is 94.0 Å². The second-order valence-electron chi connectivity index (χ2n) is 5.87. The van der Waals surface area contributed by atoms with Crippen molar-refractivity contribution in [1.82, 2.24) is 19.5 Å². The van der Waals surface area contributed by atoms with Crippen LogP contribution >= 0.6 is 0 Å². The quantitative estimate of drug-likeness (QED) is 0.926. The van der Waals surface area contributed by atoms with Gasteiger partial charge in [0, 0.05) is 11.7 Å². The Hall–Kier alpha value is -1.96. The average Bonchev–Trinajstić information content (AvgIpc) is 2.78. The second-order valence-corrected chi connectivity index (χ2v) is 7.62. The highest BCUT2D eigenvalue weighted by atomic mass is 32.2. The molecule has 2 aromatic rings. The Bertz CT molecular complexity index is 822. The lowest BCUT2D eigenvalue weighted by Gasteiger charge is -2.12. The summed E-state index contributed by atoms with van der Waals surface area (Å²) in [5, 5.41) is 4.80. The Kier molecular flexibility index (Phi) is 4.23. The first kappa shape index (κ1) is 16.4. The number of pyridine rings is 1. The van der Waals surface area contributed by atoms with Gasteiger partial charge in [-0.3, -0.25) is 4.79 Å². The number of nitrogens with one attached hydrogen (secondary N) is 1. The Balaban J connectivity index is 2.69. The summed E-state index contributed by atoms with van der Waals surface area (Å²) >= 11 is 0. The molecule has 0 saturated carbocycles. The maximum absolute atomic E-state index is 12.3. The molecule has 1 amide bonds. The van der Waals surface area contributed by atoms with Gasteiger partial charge in [-0.05, 0) is 25.8 Å². The van der Waals surface area contributed by atoms with Crippen LogP contribution in [0.25, 0.3) is 11.0 Å². The molecule has 0 saturated heterocycles. The molecule has 0 aliphatic carbocycles. The smallest absolute Gasteiger partial charge is 0.265 e. The Morgan fingerprint density at radius 2 is 1.91 bits per heavy atom. The van der Waals surface area contributed by atoms with Crippen molar-refractivity contribution in [3.63, 3.8) is 0 Å². The van der Waals surface area contributed by atoms with E-state index in [4.69, 9.17) is 0 Å². The zero-order valence-electron chi connectivity index (χ0n) is 13.3. The van der Waals surface area contributed by atoms with Gasteiger partial charge in [-0.15, -0.1) is 0 Å². The molecule has 2 aromatic heterocycles. The standard InChI is InChI=1S/C14H20N4O3S/c1-8(2)12-6-10(14(19)17-22(5,20)21)11-7-15-18(9(3)4)13(11)16-12/h6-9H,1-5H3,(H,17,19). The van der Waals surface area contributed by atoms with Crippen LogP contribution in [0.15, 0.2) is 12.3 Å². The maximum Gasteiger partial charge on any atom is 0.265 e. The Morgan fingerprint density at radius 1 is 1.27 bits per heavy atom. The van der Waals surface area contributed by atoms with E-state index in [9.17, 15) is 13.2 Å². The lowest BCUT2D eigenvalue weighted by atomic mass is 10.1. The number of hydrogen-bond acceptors (Lipinski definition) is 5. The molecule has 0 fully saturated rings. The first-order valence-corrected chi connectivity index (χ1v) is 8.89. The summed E-state index contributed by atoms with van der Waals surface area (Å²) in [5.41, 5.74) is 1.57. The van der Waals surface area contributed by atoms with Crippen LogP contribution < -0.4 is 4.72 Å². The van der Waals surface area contributed by atoms with Gasteiger partial charge < -0.3 is 0 Å². The van der Waals surface area contributed by atoms with Crippen molar-refractivity contribution in [2.75, 3.05) is 6.26 Å². The van der Waals surface area contributed by atoms with Crippen molar-refractivity contribution in [2.24, 2.45) is 0 Å². The first-order chi connectivity index (χ1) is 10.1. The molecule has 8 heteroatoms. The SMILES string of the molecule is CC(C)c1cc(C(=O)NS(C)(=O)=O)c2cnn(C(C)C)c2n1. The van der Waals surface area contributed by atoms with Crippen LogP contribution in [0.2, 0.25) is 0 Å². The van der Waals surface area contributed by atoms with Gasteiger partial charge in [-0.25, -0.2) is 22.8 Å². The van der Waals surface area contributed by atoms with Crippen LogP contribution in [-0.2, 0) is 10.0 Å². The molecule has 0 aliphatic rings. The molecule has 2 rings (SSSR count). The average molecular weight is 324 g/mol. The molecule has 0 radical (unpaired) electrons. The molecule has 0 aromatic carbocycles.